The maximum Gasteiger partial charge on any atom is 0.417 e. The lowest BCUT2D eigenvalue weighted by molar-refractivity contribution is -0.137. The zero-order chi connectivity index (χ0) is 29.7. The first-order valence-corrected chi connectivity index (χ1v) is 13.3. The average molecular weight is 565 g/mol. The van der Waals surface area contributed by atoms with Crippen molar-refractivity contribution in [2.75, 3.05) is 0 Å². The number of aromatic nitrogens is 2. The zero-order valence-electron chi connectivity index (χ0n) is 23.1. The topological polar surface area (TPSA) is 81.4 Å². The van der Waals surface area contributed by atoms with E-state index in [2.05, 4.69) is 4.98 Å². The zero-order valence-corrected chi connectivity index (χ0v) is 23.1. The third-order valence-electron chi connectivity index (χ3n) is 6.90. The Hall–Kier alpha value is -4.40. The van der Waals surface area contributed by atoms with E-state index in [0.717, 1.165) is 30.0 Å². The van der Waals surface area contributed by atoms with Gasteiger partial charge in [-0.2, -0.15) is 13.2 Å². The number of carboxylic acids is 1. The first-order valence-electron chi connectivity index (χ1n) is 13.3. The lowest BCUT2D eigenvalue weighted by atomic mass is 9.98. The van der Waals surface area contributed by atoms with E-state index in [-0.39, 0.29) is 35.5 Å². The summed E-state index contributed by atoms with van der Waals surface area (Å²) in [5, 5.41) is 9.41. The Morgan fingerprint density at radius 1 is 1.02 bits per heavy atom. The highest BCUT2D eigenvalue weighted by atomic mass is 19.4. The number of carbonyl (C=O) groups is 1. The van der Waals surface area contributed by atoms with Crippen LogP contribution in [-0.2, 0) is 25.7 Å². The van der Waals surface area contributed by atoms with Gasteiger partial charge < -0.3 is 9.84 Å². The molecule has 0 saturated heterocycles. The summed E-state index contributed by atoms with van der Waals surface area (Å²) in [6.07, 6.45) is -2.48. The highest BCUT2D eigenvalue weighted by Gasteiger charge is 2.34. The fourth-order valence-electron chi connectivity index (χ4n) is 4.83. The molecule has 0 amide bonds. The molecule has 6 nitrogen and oxygen atoms in total. The number of rotatable bonds is 10. The lowest BCUT2D eigenvalue weighted by Gasteiger charge is -2.19. The maximum absolute atomic E-state index is 13.8. The van der Waals surface area contributed by atoms with Crippen molar-refractivity contribution in [1.29, 1.82) is 0 Å². The van der Waals surface area contributed by atoms with Crippen LogP contribution in [0.15, 0.2) is 71.5 Å². The summed E-state index contributed by atoms with van der Waals surface area (Å²) in [6, 6.07) is 17.0. The summed E-state index contributed by atoms with van der Waals surface area (Å²) in [4.78, 5) is 30.0. The van der Waals surface area contributed by atoms with Gasteiger partial charge >= 0.3 is 12.1 Å². The Bertz CT molecular complexity index is 1630. The highest BCUT2D eigenvalue weighted by Crippen LogP contribution is 2.36. The van der Waals surface area contributed by atoms with Crippen molar-refractivity contribution in [1.82, 2.24) is 9.55 Å². The number of benzene rings is 3. The maximum atomic E-state index is 13.8. The van der Waals surface area contributed by atoms with Gasteiger partial charge in [-0.25, -0.2) is 9.78 Å². The van der Waals surface area contributed by atoms with Gasteiger partial charge in [0.15, 0.2) is 0 Å². The van der Waals surface area contributed by atoms with Crippen LogP contribution in [0.4, 0.5) is 13.2 Å². The number of carboxylic acid groups (broad SMARTS) is 1. The smallest absolute Gasteiger partial charge is 0.417 e. The number of hydrogen-bond acceptors (Lipinski definition) is 4. The van der Waals surface area contributed by atoms with Gasteiger partial charge in [-0.15, -0.1) is 0 Å². The molecule has 0 saturated carbocycles. The first-order chi connectivity index (χ1) is 19.5. The van der Waals surface area contributed by atoms with Crippen molar-refractivity contribution in [3.05, 3.63) is 116 Å². The molecular weight excluding hydrogens is 533 g/mol. The molecule has 0 atom stereocenters. The van der Waals surface area contributed by atoms with Crippen LogP contribution in [0.5, 0.6) is 5.75 Å². The van der Waals surface area contributed by atoms with Crippen molar-refractivity contribution in [3.63, 3.8) is 0 Å². The summed E-state index contributed by atoms with van der Waals surface area (Å²) in [5.74, 6) is 0.0321. The molecular formula is C32H31F3N2O4. The van der Waals surface area contributed by atoms with E-state index >= 15 is 0 Å². The molecule has 0 spiro atoms. The molecule has 0 aliphatic carbocycles. The van der Waals surface area contributed by atoms with E-state index in [1.807, 2.05) is 19.9 Å². The van der Waals surface area contributed by atoms with Crippen LogP contribution < -0.4 is 10.3 Å². The van der Waals surface area contributed by atoms with Gasteiger partial charge in [0.1, 0.15) is 18.2 Å². The monoisotopic (exact) mass is 564 g/mol. The van der Waals surface area contributed by atoms with E-state index in [0.29, 0.717) is 23.6 Å². The Morgan fingerprint density at radius 3 is 2.41 bits per heavy atom. The number of aryl methyl sites for hydroxylation is 3. The van der Waals surface area contributed by atoms with Crippen LogP contribution in [0.3, 0.4) is 0 Å². The van der Waals surface area contributed by atoms with Crippen LogP contribution in [0.2, 0.25) is 0 Å². The van der Waals surface area contributed by atoms with Gasteiger partial charge in [-0.1, -0.05) is 61.9 Å². The largest absolute Gasteiger partial charge is 0.489 e. The van der Waals surface area contributed by atoms with E-state index in [4.69, 9.17) is 4.74 Å². The Labute approximate surface area is 236 Å². The van der Waals surface area contributed by atoms with Gasteiger partial charge in [0.2, 0.25) is 0 Å². The fraction of sp³-hybridized carbons (Fsp3) is 0.281. The molecule has 1 heterocycles. The highest BCUT2D eigenvalue weighted by molar-refractivity contribution is 5.89. The second-order valence-electron chi connectivity index (χ2n) is 9.88. The number of hydrogen-bond donors (Lipinski definition) is 1. The normalized spacial score (nSPS) is 11.5. The number of nitrogens with zero attached hydrogens (tertiary/aromatic N) is 2. The number of unbranched alkanes of at least 4 members (excludes halogenated alkanes) is 1. The first kappa shape index (κ1) is 29.6. The Morgan fingerprint density at radius 2 is 1.73 bits per heavy atom. The number of aromatic carboxylic acids is 1. The van der Waals surface area contributed by atoms with Gasteiger partial charge in [0, 0.05) is 17.5 Å². The van der Waals surface area contributed by atoms with E-state index in [1.165, 1.54) is 28.8 Å². The van der Waals surface area contributed by atoms with E-state index in [9.17, 15) is 27.9 Å². The molecule has 3 aromatic carbocycles. The quantitative estimate of drug-likeness (QED) is 0.220. The minimum atomic E-state index is -4.63. The van der Waals surface area contributed by atoms with Crippen molar-refractivity contribution in [2.24, 2.45) is 0 Å². The van der Waals surface area contributed by atoms with Crippen LogP contribution in [0, 0.1) is 13.8 Å². The average Bonchev–Trinajstić information content (AvgIpc) is 2.93. The molecule has 1 aromatic heterocycles. The summed E-state index contributed by atoms with van der Waals surface area (Å²) in [5.41, 5.74) is 0.821. The van der Waals surface area contributed by atoms with Crippen LogP contribution in [-0.4, -0.2) is 20.6 Å². The molecule has 4 rings (SSSR count). The second kappa shape index (κ2) is 12.4. The molecule has 0 bridgehead atoms. The summed E-state index contributed by atoms with van der Waals surface area (Å²) >= 11 is 0. The number of ether oxygens (including phenoxy) is 1. The molecule has 0 aliphatic heterocycles. The SMILES string of the molecule is CCCCc1nc(C)c(-c2ccccc2C(F)(F)F)c(=O)n1Cc1ccc(OCc2ccccc2C(=O)O)c(C)c1. The molecule has 1 N–H and O–H groups in total. The third kappa shape index (κ3) is 6.67. The van der Waals surface area contributed by atoms with Crippen molar-refractivity contribution in [2.45, 2.75) is 59.4 Å². The van der Waals surface area contributed by atoms with Crippen molar-refractivity contribution < 1.29 is 27.8 Å². The van der Waals surface area contributed by atoms with Crippen LogP contribution in [0.1, 0.15) is 63.9 Å². The molecule has 0 radical (unpaired) electrons. The summed E-state index contributed by atoms with van der Waals surface area (Å²) in [7, 11) is 0. The van der Waals surface area contributed by atoms with E-state index in [1.54, 1.807) is 37.3 Å². The number of halogens is 3. The van der Waals surface area contributed by atoms with E-state index < -0.39 is 23.3 Å². The molecule has 0 aliphatic rings. The molecule has 41 heavy (non-hydrogen) atoms. The third-order valence-corrected chi connectivity index (χ3v) is 6.90. The predicted octanol–water partition coefficient (Wildman–Crippen LogP) is 7.21. The van der Waals surface area contributed by atoms with Gasteiger partial charge in [0.25, 0.3) is 5.56 Å². The summed E-state index contributed by atoms with van der Waals surface area (Å²) < 4.78 is 48.9. The molecule has 0 fully saturated rings. The fourth-order valence-corrected chi connectivity index (χ4v) is 4.83. The molecule has 214 valence electrons. The van der Waals surface area contributed by atoms with Crippen LogP contribution >= 0.6 is 0 Å². The number of alkyl halides is 3. The van der Waals surface area contributed by atoms with Gasteiger partial charge in [-0.05, 0) is 49.6 Å². The summed E-state index contributed by atoms with van der Waals surface area (Å²) in [6.45, 7) is 5.60. The van der Waals surface area contributed by atoms with Crippen LogP contribution in [0.25, 0.3) is 11.1 Å². The van der Waals surface area contributed by atoms with Crippen molar-refractivity contribution in [3.8, 4) is 16.9 Å². The predicted molar refractivity (Wildman–Crippen MR) is 150 cm³/mol. The Kier molecular flexibility index (Phi) is 8.95. The second-order valence-corrected chi connectivity index (χ2v) is 9.88. The molecule has 0 unspecified atom stereocenters. The van der Waals surface area contributed by atoms with Gasteiger partial charge in [-0.3, -0.25) is 9.36 Å². The standard InChI is InChI=1S/C32H31F3N2O4/c1-4-5-14-28-36-21(3)29(25-12-8-9-13-26(25)32(33,34)35)30(38)37(28)18-22-15-16-27(20(2)17-22)41-19-23-10-6-7-11-24(23)31(39)40/h6-13,15-17H,4-5,14,18-19H2,1-3H3,(H,39,40). The van der Waals surface area contributed by atoms with Crippen molar-refractivity contribution >= 4 is 5.97 Å². The minimum Gasteiger partial charge on any atom is -0.489 e. The molecule has 9 heteroatoms. The molecule has 4 aromatic rings. The van der Waals surface area contributed by atoms with Gasteiger partial charge in [0.05, 0.1) is 28.9 Å². The minimum absolute atomic E-state index is 0.0626. The Balaban J connectivity index is 1.70. The lowest BCUT2D eigenvalue weighted by Crippen LogP contribution is -2.29.